The van der Waals surface area contributed by atoms with Gasteiger partial charge < -0.3 is 20.5 Å². The minimum absolute atomic E-state index is 0.0202. The Kier molecular flexibility index (Phi) is 4.91. The van der Waals surface area contributed by atoms with Gasteiger partial charge in [0, 0.05) is 38.6 Å². The van der Waals surface area contributed by atoms with Crippen LogP contribution in [0.1, 0.15) is 33.1 Å². The molecule has 0 spiro atoms. The van der Waals surface area contributed by atoms with E-state index in [9.17, 15) is 4.79 Å². The van der Waals surface area contributed by atoms with Gasteiger partial charge in [-0.25, -0.2) is 0 Å². The molecule has 1 atom stereocenters. The van der Waals surface area contributed by atoms with Crippen LogP contribution in [0.4, 0.5) is 0 Å². The summed E-state index contributed by atoms with van der Waals surface area (Å²) >= 11 is 0. The van der Waals surface area contributed by atoms with Gasteiger partial charge >= 0.3 is 0 Å². The van der Waals surface area contributed by atoms with E-state index in [1.54, 1.807) is 7.11 Å². The standard InChI is InChI=1S/C12H24N2O3/c1-11(2,13)5-4-10(15)14-8-12(16-3)6-7-17-9-12/h4-9,13H2,1-3H3,(H,14,15). The van der Waals surface area contributed by atoms with Gasteiger partial charge in [0.15, 0.2) is 0 Å². The van der Waals surface area contributed by atoms with Gasteiger partial charge in [-0.2, -0.15) is 0 Å². The number of methoxy groups -OCH3 is 1. The molecule has 0 aromatic rings. The van der Waals surface area contributed by atoms with Crippen LogP contribution in [0.5, 0.6) is 0 Å². The molecule has 0 radical (unpaired) electrons. The van der Waals surface area contributed by atoms with Crippen LogP contribution in [0.25, 0.3) is 0 Å². The maximum absolute atomic E-state index is 11.6. The number of carbonyl (C=O) groups is 1. The molecule has 1 heterocycles. The molecule has 3 N–H and O–H groups in total. The van der Waals surface area contributed by atoms with E-state index in [2.05, 4.69) is 5.32 Å². The number of hydrogen-bond donors (Lipinski definition) is 2. The Morgan fingerprint density at radius 1 is 1.59 bits per heavy atom. The number of rotatable bonds is 6. The van der Waals surface area contributed by atoms with Crippen molar-refractivity contribution in [2.45, 2.75) is 44.2 Å². The molecule has 0 aliphatic carbocycles. The van der Waals surface area contributed by atoms with E-state index in [0.29, 0.717) is 32.6 Å². The number of ether oxygens (including phenoxy) is 2. The van der Waals surface area contributed by atoms with Gasteiger partial charge in [-0.1, -0.05) is 0 Å². The highest BCUT2D eigenvalue weighted by Gasteiger charge is 2.35. The molecule has 100 valence electrons. The van der Waals surface area contributed by atoms with Crippen LogP contribution in [0, 0.1) is 0 Å². The minimum atomic E-state index is -0.339. The maximum atomic E-state index is 11.6. The number of nitrogens with two attached hydrogens (primary N) is 1. The fourth-order valence-corrected chi connectivity index (χ4v) is 1.74. The lowest BCUT2D eigenvalue weighted by Gasteiger charge is -2.26. The zero-order valence-electron chi connectivity index (χ0n) is 11.0. The summed E-state index contributed by atoms with van der Waals surface area (Å²) in [4.78, 5) is 11.6. The third-order valence-corrected chi connectivity index (χ3v) is 3.10. The second-order valence-electron chi connectivity index (χ2n) is 5.46. The van der Waals surface area contributed by atoms with Gasteiger partial charge in [0.05, 0.1) is 6.61 Å². The first kappa shape index (κ1) is 14.4. The van der Waals surface area contributed by atoms with Gasteiger partial charge in [0.1, 0.15) is 5.60 Å². The van der Waals surface area contributed by atoms with Crippen molar-refractivity contribution in [3.05, 3.63) is 0 Å². The van der Waals surface area contributed by atoms with Crippen molar-refractivity contribution >= 4 is 5.91 Å². The molecule has 1 unspecified atom stereocenters. The lowest BCUT2D eigenvalue weighted by molar-refractivity contribution is -0.123. The lowest BCUT2D eigenvalue weighted by Crippen LogP contribution is -2.45. The van der Waals surface area contributed by atoms with Crippen molar-refractivity contribution < 1.29 is 14.3 Å². The second kappa shape index (κ2) is 5.80. The fourth-order valence-electron chi connectivity index (χ4n) is 1.74. The van der Waals surface area contributed by atoms with E-state index in [1.807, 2.05) is 13.8 Å². The molecule has 1 aliphatic rings. The predicted octanol–water partition coefficient (Wildman–Crippen LogP) is 0.426. The molecule has 0 aromatic carbocycles. The molecule has 1 rings (SSSR count). The Morgan fingerprint density at radius 2 is 2.29 bits per heavy atom. The molecular weight excluding hydrogens is 220 g/mol. The zero-order chi connectivity index (χ0) is 12.9. The average Bonchev–Trinajstić information content (AvgIpc) is 2.72. The van der Waals surface area contributed by atoms with E-state index < -0.39 is 0 Å². The molecule has 5 heteroatoms. The molecule has 5 nitrogen and oxygen atoms in total. The van der Waals surface area contributed by atoms with Crippen LogP contribution < -0.4 is 11.1 Å². The van der Waals surface area contributed by atoms with Gasteiger partial charge in [0.2, 0.25) is 5.91 Å². The smallest absolute Gasteiger partial charge is 0.220 e. The van der Waals surface area contributed by atoms with Gasteiger partial charge in [-0.15, -0.1) is 0 Å². The first-order valence-corrected chi connectivity index (χ1v) is 6.05. The highest BCUT2D eigenvalue weighted by atomic mass is 16.5. The number of hydrogen-bond acceptors (Lipinski definition) is 4. The van der Waals surface area contributed by atoms with Crippen molar-refractivity contribution in [2.24, 2.45) is 5.73 Å². The third-order valence-electron chi connectivity index (χ3n) is 3.10. The van der Waals surface area contributed by atoms with E-state index in [-0.39, 0.29) is 17.0 Å². The molecule has 1 amide bonds. The highest BCUT2D eigenvalue weighted by molar-refractivity contribution is 5.76. The third kappa shape index (κ3) is 5.02. The van der Waals surface area contributed by atoms with Crippen LogP contribution in [-0.2, 0) is 14.3 Å². The molecular formula is C12H24N2O3. The summed E-state index contributed by atoms with van der Waals surface area (Å²) in [5, 5.41) is 2.89. The molecule has 1 aliphatic heterocycles. The molecule has 0 bridgehead atoms. The van der Waals surface area contributed by atoms with Crippen LogP contribution in [0.3, 0.4) is 0 Å². The molecule has 0 saturated carbocycles. The lowest BCUT2D eigenvalue weighted by atomic mass is 9.99. The topological polar surface area (TPSA) is 73.6 Å². The maximum Gasteiger partial charge on any atom is 0.220 e. The fraction of sp³-hybridized carbons (Fsp3) is 0.917. The molecule has 1 saturated heterocycles. The van der Waals surface area contributed by atoms with Crippen molar-refractivity contribution in [2.75, 3.05) is 26.9 Å². The summed E-state index contributed by atoms with van der Waals surface area (Å²) in [5.41, 5.74) is 5.19. The van der Waals surface area contributed by atoms with Crippen LogP contribution in [-0.4, -0.2) is 43.9 Å². The minimum Gasteiger partial charge on any atom is -0.378 e. The summed E-state index contributed by atoms with van der Waals surface area (Å²) in [5.74, 6) is 0.0202. The van der Waals surface area contributed by atoms with Crippen molar-refractivity contribution in [3.8, 4) is 0 Å². The van der Waals surface area contributed by atoms with Crippen molar-refractivity contribution in [3.63, 3.8) is 0 Å². The Labute approximate surface area is 103 Å². The average molecular weight is 244 g/mol. The van der Waals surface area contributed by atoms with Crippen LogP contribution in [0.15, 0.2) is 0 Å². The summed E-state index contributed by atoms with van der Waals surface area (Å²) < 4.78 is 10.7. The van der Waals surface area contributed by atoms with Crippen LogP contribution >= 0.6 is 0 Å². The largest absolute Gasteiger partial charge is 0.378 e. The Hall–Kier alpha value is -0.650. The first-order valence-electron chi connectivity index (χ1n) is 6.05. The van der Waals surface area contributed by atoms with E-state index in [4.69, 9.17) is 15.2 Å². The van der Waals surface area contributed by atoms with Gasteiger partial charge in [-0.3, -0.25) is 4.79 Å². The highest BCUT2D eigenvalue weighted by Crippen LogP contribution is 2.21. The van der Waals surface area contributed by atoms with E-state index in [1.165, 1.54) is 0 Å². The molecule has 1 fully saturated rings. The second-order valence-corrected chi connectivity index (χ2v) is 5.46. The monoisotopic (exact) mass is 244 g/mol. The molecule has 17 heavy (non-hydrogen) atoms. The predicted molar refractivity (Wildman–Crippen MR) is 65.7 cm³/mol. The first-order chi connectivity index (χ1) is 7.87. The molecule has 0 aromatic heterocycles. The van der Waals surface area contributed by atoms with Crippen molar-refractivity contribution in [1.29, 1.82) is 0 Å². The summed E-state index contributed by atoms with van der Waals surface area (Å²) in [6.07, 6.45) is 1.95. The zero-order valence-corrected chi connectivity index (χ0v) is 11.0. The van der Waals surface area contributed by atoms with E-state index >= 15 is 0 Å². The normalized spacial score (nSPS) is 24.9. The number of carbonyl (C=O) groups excluding carboxylic acids is 1. The quantitative estimate of drug-likeness (QED) is 0.710. The van der Waals surface area contributed by atoms with E-state index in [0.717, 1.165) is 6.42 Å². The SMILES string of the molecule is COC1(CNC(=O)CCC(C)(C)N)CCOC1. The Morgan fingerprint density at radius 3 is 2.76 bits per heavy atom. The van der Waals surface area contributed by atoms with Gasteiger partial charge in [0.25, 0.3) is 0 Å². The summed E-state index contributed by atoms with van der Waals surface area (Å²) in [6.45, 7) is 5.59. The Bertz CT molecular complexity index is 255. The summed E-state index contributed by atoms with van der Waals surface area (Å²) in [7, 11) is 1.66. The van der Waals surface area contributed by atoms with Crippen molar-refractivity contribution in [1.82, 2.24) is 5.32 Å². The Balaban J connectivity index is 2.27. The number of amides is 1. The number of nitrogens with one attached hydrogen (secondary N) is 1. The van der Waals surface area contributed by atoms with Gasteiger partial charge in [-0.05, 0) is 20.3 Å². The summed E-state index contributed by atoms with van der Waals surface area (Å²) in [6, 6.07) is 0. The van der Waals surface area contributed by atoms with Crippen LogP contribution in [0.2, 0.25) is 0 Å².